The van der Waals surface area contributed by atoms with E-state index in [1.807, 2.05) is 26.0 Å². The lowest BCUT2D eigenvalue weighted by atomic mass is 10.1. The molecule has 0 radical (unpaired) electrons. The number of nitro benzene ring substituents is 1. The van der Waals surface area contributed by atoms with Crippen LogP contribution in [0.3, 0.4) is 0 Å². The Morgan fingerprint density at radius 1 is 1.00 bits per heavy atom. The first-order chi connectivity index (χ1) is 13.6. The monoisotopic (exact) mass is 407 g/mol. The van der Waals surface area contributed by atoms with Crippen molar-refractivity contribution < 1.29 is 22.9 Å². The number of nitrogens with zero attached hydrogens (tertiary/aromatic N) is 3. The molecule has 2 aromatic rings. The van der Waals surface area contributed by atoms with Gasteiger partial charge in [-0.25, -0.2) is 0 Å². The highest BCUT2D eigenvalue weighted by molar-refractivity contribution is 5.94. The van der Waals surface area contributed by atoms with E-state index in [1.54, 1.807) is 15.9 Å². The summed E-state index contributed by atoms with van der Waals surface area (Å²) in [5.41, 5.74) is 1.14. The number of carbonyl (C=O) groups is 1. The van der Waals surface area contributed by atoms with Gasteiger partial charge in [0.05, 0.1) is 10.5 Å². The van der Waals surface area contributed by atoms with Crippen molar-refractivity contribution in [1.29, 1.82) is 0 Å². The zero-order valence-electron chi connectivity index (χ0n) is 16.0. The molecule has 0 spiro atoms. The van der Waals surface area contributed by atoms with Gasteiger partial charge in [-0.05, 0) is 49.2 Å². The Hall–Kier alpha value is -3.10. The molecule has 0 saturated carbocycles. The van der Waals surface area contributed by atoms with Crippen molar-refractivity contribution in [2.75, 3.05) is 31.1 Å². The van der Waals surface area contributed by atoms with E-state index in [1.165, 1.54) is 0 Å². The van der Waals surface area contributed by atoms with Crippen molar-refractivity contribution in [3.63, 3.8) is 0 Å². The van der Waals surface area contributed by atoms with Crippen LogP contribution in [0.1, 0.15) is 27.0 Å². The number of benzene rings is 2. The Bertz CT molecular complexity index is 952. The normalized spacial score (nSPS) is 14.8. The highest BCUT2D eigenvalue weighted by Gasteiger charge is 2.34. The fraction of sp³-hybridized carbons (Fsp3) is 0.350. The second-order valence-electron chi connectivity index (χ2n) is 7.04. The summed E-state index contributed by atoms with van der Waals surface area (Å²) in [5, 5.41) is 11.3. The molecular weight excluding hydrogens is 387 g/mol. The lowest BCUT2D eigenvalue weighted by Crippen LogP contribution is -2.49. The van der Waals surface area contributed by atoms with Gasteiger partial charge in [0, 0.05) is 37.8 Å². The topological polar surface area (TPSA) is 66.7 Å². The standard InChI is InChI=1S/C20H20F3N3O3/c1-13-3-4-15(11-14(13)2)19(27)25-9-7-24(8-10-25)17-6-5-16(20(21,22)23)12-18(17)26(28)29/h3-6,11-12H,7-10H2,1-2H3. The van der Waals surface area contributed by atoms with Crippen molar-refractivity contribution in [3.05, 3.63) is 68.8 Å². The van der Waals surface area contributed by atoms with Crippen molar-refractivity contribution >= 4 is 17.3 Å². The number of alkyl halides is 3. The van der Waals surface area contributed by atoms with Gasteiger partial charge in [-0.1, -0.05) is 6.07 Å². The third-order valence-electron chi connectivity index (χ3n) is 5.16. The number of hydrogen-bond acceptors (Lipinski definition) is 4. The third kappa shape index (κ3) is 4.33. The smallest absolute Gasteiger partial charge is 0.362 e. The van der Waals surface area contributed by atoms with Crippen molar-refractivity contribution in [2.45, 2.75) is 20.0 Å². The second kappa shape index (κ2) is 7.73. The van der Waals surface area contributed by atoms with Gasteiger partial charge >= 0.3 is 6.18 Å². The van der Waals surface area contributed by atoms with Crippen LogP contribution in [0.5, 0.6) is 0 Å². The molecule has 9 heteroatoms. The van der Waals surface area contributed by atoms with E-state index in [0.29, 0.717) is 37.8 Å². The van der Waals surface area contributed by atoms with E-state index in [-0.39, 0.29) is 11.6 Å². The molecule has 1 heterocycles. The summed E-state index contributed by atoms with van der Waals surface area (Å²) in [7, 11) is 0. The van der Waals surface area contributed by atoms with Crippen LogP contribution in [-0.4, -0.2) is 41.9 Å². The summed E-state index contributed by atoms with van der Waals surface area (Å²) in [6, 6.07) is 7.99. The summed E-state index contributed by atoms with van der Waals surface area (Å²) in [6.45, 7) is 5.12. The summed E-state index contributed by atoms with van der Waals surface area (Å²) in [6.07, 6.45) is -4.65. The molecule has 0 aliphatic carbocycles. The van der Waals surface area contributed by atoms with E-state index >= 15 is 0 Å². The van der Waals surface area contributed by atoms with Crippen LogP contribution in [0.4, 0.5) is 24.5 Å². The van der Waals surface area contributed by atoms with Gasteiger partial charge in [-0.2, -0.15) is 13.2 Å². The van der Waals surface area contributed by atoms with Crippen molar-refractivity contribution in [2.24, 2.45) is 0 Å². The zero-order chi connectivity index (χ0) is 21.3. The maximum Gasteiger partial charge on any atom is 0.416 e. The van der Waals surface area contributed by atoms with Gasteiger partial charge in [0.25, 0.3) is 11.6 Å². The van der Waals surface area contributed by atoms with Gasteiger partial charge in [0.15, 0.2) is 0 Å². The Labute approximate surface area is 165 Å². The molecule has 2 aromatic carbocycles. The summed E-state index contributed by atoms with van der Waals surface area (Å²) >= 11 is 0. The van der Waals surface area contributed by atoms with Crippen molar-refractivity contribution in [1.82, 2.24) is 4.90 Å². The van der Waals surface area contributed by atoms with Crippen LogP contribution in [0.25, 0.3) is 0 Å². The molecule has 1 aliphatic rings. The van der Waals surface area contributed by atoms with E-state index in [4.69, 9.17) is 0 Å². The Morgan fingerprint density at radius 2 is 1.66 bits per heavy atom. The predicted octanol–water partition coefficient (Wildman–Crippen LogP) is 4.19. The van der Waals surface area contributed by atoms with Crippen LogP contribution in [0.15, 0.2) is 36.4 Å². The first-order valence-electron chi connectivity index (χ1n) is 9.05. The van der Waals surface area contributed by atoms with Gasteiger partial charge in [-0.3, -0.25) is 14.9 Å². The molecule has 1 amide bonds. The first-order valence-corrected chi connectivity index (χ1v) is 9.05. The van der Waals surface area contributed by atoms with Gasteiger partial charge in [-0.15, -0.1) is 0 Å². The number of piperazine rings is 1. The van der Waals surface area contributed by atoms with Crippen LogP contribution in [0.2, 0.25) is 0 Å². The average Bonchev–Trinajstić information content (AvgIpc) is 2.68. The minimum Gasteiger partial charge on any atom is -0.362 e. The molecule has 1 fully saturated rings. The third-order valence-corrected chi connectivity index (χ3v) is 5.16. The molecule has 1 saturated heterocycles. The minimum absolute atomic E-state index is 0.126. The quantitative estimate of drug-likeness (QED) is 0.565. The number of rotatable bonds is 3. The van der Waals surface area contributed by atoms with Gasteiger partial charge < -0.3 is 9.80 Å². The summed E-state index contributed by atoms with van der Waals surface area (Å²) in [4.78, 5) is 26.5. The van der Waals surface area contributed by atoms with Crippen LogP contribution in [-0.2, 0) is 6.18 Å². The van der Waals surface area contributed by atoms with E-state index in [9.17, 15) is 28.1 Å². The summed E-state index contributed by atoms with van der Waals surface area (Å²) < 4.78 is 38.6. The highest BCUT2D eigenvalue weighted by atomic mass is 19.4. The van der Waals surface area contributed by atoms with Gasteiger partial charge in [0.1, 0.15) is 5.69 Å². The van der Waals surface area contributed by atoms with Crippen LogP contribution >= 0.6 is 0 Å². The Kier molecular flexibility index (Phi) is 5.50. The van der Waals surface area contributed by atoms with E-state index in [0.717, 1.165) is 23.3 Å². The Morgan fingerprint density at radius 3 is 2.21 bits per heavy atom. The number of hydrogen-bond donors (Lipinski definition) is 0. The summed E-state index contributed by atoms with van der Waals surface area (Å²) in [5.74, 6) is -0.130. The van der Waals surface area contributed by atoms with Gasteiger partial charge in [0.2, 0.25) is 0 Å². The minimum atomic E-state index is -4.65. The molecule has 0 aromatic heterocycles. The van der Waals surface area contributed by atoms with E-state index in [2.05, 4.69) is 0 Å². The second-order valence-corrected chi connectivity index (χ2v) is 7.04. The van der Waals surface area contributed by atoms with Crippen LogP contribution in [0, 0.1) is 24.0 Å². The molecule has 0 bridgehead atoms. The molecule has 0 atom stereocenters. The maximum absolute atomic E-state index is 12.9. The zero-order valence-corrected chi connectivity index (χ0v) is 16.0. The maximum atomic E-state index is 12.9. The molecule has 1 aliphatic heterocycles. The largest absolute Gasteiger partial charge is 0.416 e. The average molecular weight is 407 g/mol. The first kappa shape index (κ1) is 20.6. The highest BCUT2D eigenvalue weighted by Crippen LogP contribution is 2.36. The lowest BCUT2D eigenvalue weighted by molar-refractivity contribution is -0.384. The number of nitro groups is 1. The fourth-order valence-corrected chi connectivity index (χ4v) is 3.32. The lowest BCUT2D eigenvalue weighted by Gasteiger charge is -2.36. The SMILES string of the molecule is Cc1ccc(C(=O)N2CCN(c3ccc(C(F)(F)F)cc3[N+](=O)[O-])CC2)cc1C. The Balaban J connectivity index is 1.76. The number of carbonyl (C=O) groups excluding carboxylic acids is 1. The molecule has 154 valence electrons. The molecule has 3 rings (SSSR count). The van der Waals surface area contributed by atoms with E-state index < -0.39 is 22.4 Å². The number of amides is 1. The molecule has 6 nitrogen and oxygen atoms in total. The van der Waals surface area contributed by atoms with Crippen molar-refractivity contribution in [3.8, 4) is 0 Å². The predicted molar refractivity (Wildman–Crippen MR) is 102 cm³/mol. The number of aryl methyl sites for hydroxylation is 2. The molecule has 29 heavy (non-hydrogen) atoms. The molecular formula is C20H20F3N3O3. The van der Waals surface area contributed by atoms with Crippen LogP contribution < -0.4 is 4.90 Å². The molecule has 0 unspecified atom stereocenters. The number of anilines is 1. The molecule has 0 N–H and O–H groups in total. The fourth-order valence-electron chi connectivity index (χ4n) is 3.32. The number of halogens is 3.